The fourth-order valence-electron chi connectivity index (χ4n) is 3.26. The van der Waals surface area contributed by atoms with E-state index in [0.29, 0.717) is 35.1 Å². The molecule has 142 valence electrons. The maximum Gasteiger partial charge on any atom is 0.205 e. The molecule has 0 unspecified atom stereocenters. The molecule has 1 fully saturated rings. The Balaban J connectivity index is 1.94. The van der Waals surface area contributed by atoms with Gasteiger partial charge in [0, 0.05) is 19.6 Å². The summed E-state index contributed by atoms with van der Waals surface area (Å²) in [7, 11) is 6.76. The van der Waals surface area contributed by atoms with Crippen LogP contribution in [-0.2, 0) is 0 Å². The molecule has 1 saturated heterocycles. The van der Waals surface area contributed by atoms with E-state index in [1.165, 1.54) is 6.33 Å². The summed E-state index contributed by atoms with van der Waals surface area (Å²) >= 11 is 0. The topological polar surface area (TPSA) is 89.0 Å². The number of ether oxygens (including phenoxy) is 3. The highest BCUT2D eigenvalue weighted by atomic mass is 16.5. The average Bonchev–Trinajstić information content (AvgIpc) is 2.67. The minimum atomic E-state index is -0.746. The van der Waals surface area contributed by atoms with Gasteiger partial charge in [-0.3, -0.25) is 0 Å². The minimum absolute atomic E-state index is 0.420. The van der Waals surface area contributed by atoms with Crippen molar-refractivity contribution in [3.8, 4) is 17.2 Å². The molecular weight excluding hydrogens is 336 g/mol. The molecule has 0 radical (unpaired) electrons. The molecule has 2 heterocycles. The minimum Gasteiger partial charge on any atom is -0.493 e. The maximum absolute atomic E-state index is 10.8. The molecular formula is C18H26N4O4. The maximum atomic E-state index is 10.8. The van der Waals surface area contributed by atoms with Gasteiger partial charge in [-0.1, -0.05) is 0 Å². The quantitative estimate of drug-likeness (QED) is 0.800. The highest BCUT2D eigenvalue weighted by molar-refractivity contribution is 5.96. The number of rotatable bonds is 6. The van der Waals surface area contributed by atoms with E-state index in [9.17, 15) is 5.11 Å². The number of likely N-dealkylation sites (tertiary alicyclic amines) is 1. The molecule has 2 aromatic rings. The zero-order chi connectivity index (χ0) is 18.7. The van der Waals surface area contributed by atoms with Crippen LogP contribution in [0.4, 0.5) is 5.82 Å². The largest absolute Gasteiger partial charge is 0.493 e. The number of piperidine rings is 1. The van der Waals surface area contributed by atoms with Gasteiger partial charge in [0.25, 0.3) is 0 Å². The monoisotopic (exact) mass is 362 g/mol. The Bertz CT molecular complexity index is 775. The number of aromatic nitrogens is 2. The fourth-order valence-corrected chi connectivity index (χ4v) is 3.26. The van der Waals surface area contributed by atoms with Gasteiger partial charge in [-0.25, -0.2) is 9.97 Å². The Morgan fingerprint density at radius 1 is 1.12 bits per heavy atom. The van der Waals surface area contributed by atoms with Gasteiger partial charge >= 0.3 is 0 Å². The van der Waals surface area contributed by atoms with Crippen molar-refractivity contribution in [1.82, 2.24) is 14.9 Å². The normalized spacial score (nSPS) is 17.1. The summed E-state index contributed by atoms with van der Waals surface area (Å²) < 4.78 is 16.3. The number of nitrogens with one attached hydrogen (secondary N) is 1. The van der Waals surface area contributed by atoms with Gasteiger partial charge < -0.3 is 29.5 Å². The van der Waals surface area contributed by atoms with Crippen molar-refractivity contribution in [2.75, 3.05) is 53.3 Å². The predicted octanol–water partition coefficient (Wildman–Crippen LogP) is 1.52. The van der Waals surface area contributed by atoms with Crippen LogP contribution >= 0.6 is 0 Å². The second-order valence-electron chi connectivity index (χ2n) is 6.64. The zero-order valence-corrected chi connectivity index (χ0v) is 15.7. The van der Waals surface area contributed by atoms with Crippen LogP contribution in [0.15, 0.2) is 12.4 Å². The number of anilines is 1. The van der Waals surface area contributed by atoms with Gasteiger partial charge in [0.05, 0.1) is 32.3 Å². The molecule has 0 atom stereocenters. The molecule has 0 spiro atoms. The number of hydrogen-bond acceptors (Lipinski definition) is 8. The van der Waals surface area contributed by atoms with E-state index in [-0.39, 0.29) is 0 Å². The van der Waals surface area contributed by atoms with Crippen molar-refractivity contribution in [2.45, 2.75) is 18.4 Å². The average molecular weight is 362 g/mol. The van der Waals surface area contributed by atoms with E-state index in [4.69, 9.17) is 14.2 Å². The Hall–Kier alpha value is -2.32. The summed E-state index contributed by atoms with van der Waals surface area (Å²) in [4.78, 5) is 10.9. The molecule has 3 rings (SSSR count). The smallest absolute Gasteiger partial charge is 0.205 e. The van der Waals surface area contributed by atoms with Gasteiger partial charge in [-0.2, -0.15) is 0 Å². The highest BCUT2D eigenvalue weighted by Crippen LogP contribution is 2.43. The standard InChI is InChI=1S/C18H26N4O4/c1-22-7-5-18(23,6-8-22)10-19-17-12-9-13(24-2)15(25-3)16(26-4)14(12)20-11-21-17/h9,11,23H,5-8,10H2,1-4H3,(H,19,20,21). The van der Waals surface area contributed by atoms with Gasteiger partial charge in [0.1, 0.15) is 17.7 Å². The lowest BCUT2D eigenvalue weighted by atomic mass is 9.91. The second kappa shape index (κ2) is 7.51. The summed E-state index contributed by atoms with van der Waals surface area (Å²) in [6, 6.07) is 1.82. The molecule has 0 bridgehead atoms. The summed E-state index contributed by atoms with van der Waals surface area (Å²) in [6.07, 6.45) is 2.91. The van der Waals surface area contributed by atoms with Crippen molar-refractivity contribution in [3.63, 3.8) is 0 Å². The third-order valence-corrected chi connectivity index (χ3v) is 4.94. The number of fused-ring (bicyclic) bond motifs is 1. The van der Waals surface area contributed by atoms with Gasteiger partial charge in [0.2, 0.25) is 5.75 Å². The Kier molecular flexibility index (Phi) is 5.33. The van der Waals surface area contributed by atoms with Gasteiger partial charge in [-0.05, 0) is 26.0 Å². The van der Waals surface area contributed by atoms with Crippen LogP contribution in [0.2, 0.25) is 0 Å². The van der Waals surface area contributed by atoms with Crippen molar-refractivity contribution < 1.29 is 19.3 Å². The summed E-state index contributed by atoms with van der Waals surface area (Å²) in [5.74, 6) is 2.14. The first-order valence-electron chi connectivity index (χ1n) is 8.60. The van der Waals surface area contributed by atoms with Crippen molar-refractivity contribution in [3.05, 3.63) is 12.4 Å². The van der Waals surface area contributed by atoms with E-state index < -0.39 is 5.60 Å². The molecule has 26 heavy (non-hydrogen) atoms. The molecule has 8 nitrogen and oxygen atoms in total. The third kappa shape index (κ3) is 3.47. The molecule has 1 aromatic carbocycles. The van der Waals surface area contributed by atoms with Crippen LogP contribution in [0.5, 0.6) is 17.2 Å². The molecule has 1 aromatic heterocycles. The number of aliphatic hydroxyl groups is 1. The van der Waals surface area contributed by atoms with Gasteiger partial charge in [-0.15, -0.1) is 0 Å². The van der Waals surface area contributed by atoms with Crippen LogP contribution < -0.4 is 19.5 Å². The zero-order valence-electron chi connectivity index (χ0n) is 15.7. The lowest BCUT2D eigenvalue weighted by Crippen LogP contribution is -2.47. The first-order chi connectivity index (χ1) is 12.5. The van der Waals surface area contributed by atoms with Crippen molar-refractivity contribution in [2.24, 2.45) is 0 Å². The molecule has 1 aliphatic rings. The van der Waals surface area contributed by atoms with E-state index in [2.05, 4.69) is 27.2 Å². The first-order valence-corrected chi connectivity index (χ1v) is 8.60. The molecule has 0 amide bonds. The third-order valence-electron chi connectivity index (χ3n) is 4.94. The van der Waals surface area contributed by atoms with E-state index in [0.717, 1.165) is 31.3 Å². The Labute approximate surface area is 153 Å². The van der Waals surface area contributed by atoms with Crippen LogP contribution in [0.3, 0.4) is 0 Å². The summed E-state index contributed by atoms with van der Waals surface area (Å²) in [5, 5.41) is 14.8. The molecule has 2 N–H and O–H groups in total. The van der Waals surface area contributed by atoms with Crippen molar-refractivity contribution in [1.29, 1.82) is 0 Å². The number of benzene rings is 1. The predicted molar refractivity (Wildman–Crippen MR) is 99.4 cm³/mol. The van der Waals surface area contributed by atoms with Crippen LogP contribution in [-0.4, -0.2) is 73.6 Å². The molecule has 1 aliphatic heterocycles. The lowest BCUT2D eigenvalue weighted by molar-refractivity contribution is -0.00407. The second-order valence-corrected chi connectivity index (χ2v) is 6.64. The first kappa shape index (κ1) is 18.5. The Morgan fingerprint density at radius 2 is 1.81 bits per heavy atom. The van der Waals surface area contributed by atoms with E-state index >= 15 is 0 Å². The van der Waals surface area contributed by atoms with E-state index in [1.54, 1.807) is 21.3 Å². The number of nitrogens with zero attached hydrogens (tertiary/aromatic N) is 3. The van der Waals surface area contributed by atoms with Crippen LogP contribution in [0.1, 0.15) is 12.8 Å². The summed E-state index contributed by atoms with van der Waals surface area (Å²) in [5.41, 5.74) is -0.122. The fraction of sp³-hybridized carbons (Fsp3) is 0.556. The molecule has 0 aliphatic carbocycles. The number of hydrogen-bond donors (Lipinski definition) is 2. The van der Waals surface area contributed by atoms with Gasteiger partial charge in [0.15, 0.2) is 11.5 Å². The van der Waals surface area contributed by atoms with Crippen LogP contribution in [0, 0.1) is 0 Å². The van der Waals surface area contributed by atoms with Crippen LogP contribution in [0.25, 0.3) is 10.9 Å². The lowest BCUT2D eigenvalue weighted by Gasteiger charge is -2.36. The van der Waals surface area contributed by atoms with Crippen molar-refractivity contribution >= 4 is 16.7 Å². The highest BCUT2D eigenvalue weighted by Gasteiger charge is 2.31. The molecule has 8 heteroatoms. The Morgan fingerprint density at radius 3 is 2.42 bits per heavy atom. The number of methoxy groups -OCH3 is 3. The summed E-state index contributed by atoms with van der Waals surface area (Å²) in [6.45, 7) is 2.17. The molecule has 0 saturated carbocycles. The van der Waals surface area contributed by atoms with E-state index in [1.807, 2.05) is 6.07 Å². The SMILES string of the molecule is COc1cc2c(NCC3(O)CCN(C)CC3)ncnc2c(OC)c1OC.